The standard InChI is InChI=1S/C28H30ClN7O2/c1-19(27(37)12-9-22-16-24(29)10-11-26(22)36-18-30-33-34-36)32-28(38)23-7-2-5-20(15-23)21-6-3-8-25(17-21)35-14-4-13-31-35/h3-4,6,8,10-11,13-14,16-20,23H,2,5,7,9,12,15H2,1H3,(H,32,38)/t19-,20-,23+/m0/s1. The van der Waals surface area contributed by atoms with E-state index in [2.05, 4.69) is 38.1 Å². The third-order valence-corrected chi connectivity index (χ3v) is 7.51. The maximum atomic E-state index is 13.2. The van der Waals surface area contributed by atoms with Crippen molar-refractivity contribution in [3.05, 3.63) is 83.4 Å². The Morgan fingerprint density at radius 3 is 2.82 bits per heavy atom. The zero-order valence-corrected chi connectivity index (χ0v) is 22.0. The van der Waals surface area contributed by atoms with Crippen LogP contribution in [-0.4, -0.2) is 47.7 Å². The molecule has 9 nitrogen and oxygen atoms in total. The second-order valence-corrected chi connectivity index (χ2v) is 10.3. The van der Waals surface area contributed by atoms with E-state index in [1.54, 1.807) is 23.9 Å². The Kier molecular flexibility index (Phi) is 7.93. The molecule has 196 valence electrons. The van der Waals surface area contributed by atoms with Crippen LogP contribution >= 0.6 is 11.6 Å². The van der Waals surface area contributed by atoms with Crippen molar-refractivity contribution in [3.63, 3.8) is 0 Å². The number of aryl methyl sites for hydroxylation is 1. The zero-order chi connectivity index (χ0) is 26.5. The van der Waals surface area contributed by atoms with Crippen molar-refractivity contribution in [1.29, 1.82) is 0 Å². The molecule has 0 unspecified atom stereocenters. The summed E-state index contributed by atoms with van der Waals surface area (Å²) in [5, 5.41) is 19.2. The van der Waals surface area contributed by atoms with E-state index in [9.17, 15) is 9.59 Å². The molecule has 0 saturated heterocycles. The number of hydrogen-bond donors (Lipinski definition) is 1. The quantitative estimate of drug-likeness (QED) is 0.341. The lowest BCUT2D eigenvalue weighted by atomic mass is 9.77. The average Bonchev–Trinajstić information content (AvgIpc) is 3.67. The van der Waals surface area contributed by atoms with E-state index >= 15 is 0 Å². The number of aromatic nitrogens is 6. The van der Waals surface area contributed by atoms with Gasteiger partial charge in [0.2, 0.25) is 5.91 Å². The van der Waals surface area contributed by atoms with Crippen LogP contribution in [0, 0.1) is 5.92 Å². The second kappa shape index (κ2) is 11.7. The van der Waals surface area contributed by atoms with Gasteiger partial charge in [-0.3, -0.25) is 9.59 Å². The predicted octanol–water partition coefficient (Wildman–Crippen LogP) is 4.48. The van der Waals surface area contributed by atoms with E-state index in [0.29, 0.717) is 17.4 Å². The van der Waals surface area contributed by atoms with Crippen molar-refractivity contribution < 1.29 is 9.59 Å². The van der Waals surface area contributed by atoms with E-state index in [-0.39, 0.29) is 24.0 Å². The molecule has 1 amide bonds. The molecule has 4 aromatic rings. The summed E-state index contributed by atoms with van der Waals surface area (Å²) >= 11 is 6.19. The van der Waals surface area contributed by atoms with Crippen LogP contribution in [0.15, 0.2) is 67.3 Å². The number of carbonyl (C=O) groups excluding carboxylic acids is 2. The number of carbonyl (C=O) groups is 2. The molecular formula is C28H30ClN7O2. The lowest BCUT2D eigenvalue weighted by molar-refractivity contribution is -0.130. The largest absolute Gasteiger partial charge is 0.346 e. The molecule has 1 saturated carbocycles. The van der Waals surface area contributed by atoms with Crippen molar-refractivity contribution in [2.24, 2.45) is 5.92 Å². The summed E-state index contributed by atoms with van der Waals surface area (Å²) in [6.45, 7) is 1.76. The molecule has 2 aromatic carbocycles. The van der Waals surface area contributed by atoms with E-state index in [1.165, 1.54) is 11.9 Å². The number of nitrogens with one attached hydrogen (secondary N) is 1. The molecule has 1 aliphatic carbocycles. The van der Waals surface area contributed by atoms with Crippen molar-refractivity contribution in [3.8, 4) is 11.4 Å². The highest BCUT2D eigenvalue weighted by Crippen LogP contribution is 2.37. The molecule has 1 N–H and O–H groups in total. The van der Waals surface area contributed by atoms with Gasteiger partial charge in [0.15, 0.2) is 5.78 Å². The number of hydrogen-bond acceptors (Lipinski definition) is 6. The summed E-state index contributed by atoms with van der Waals surface area (Å²) in [5.74, 6) is 0.112. The van der Waals surface area contributed by atoms with Gasteiger partial charge in [0, 0.05) is 29.8 Å². The molecule has 0 radical (unpaired) electrons. The van der Waals surface area contributed by atoms with Crippen LogP contribution in [0.4, 0.5) is 0 Å². The molecule has 10 heteroatoms. The van der Waals surface area contributed by atoms with Gasteiger partial charge >= 0.3 is 0 Å². The number of ketones is 1. The van der Waals surface area contributed by atoms with Gasteiger partial charge in [-0.15, -0.1) is 5.10 Å². The maximum Gasteiger partial charge on any atom is 0.223 e. The Bertz CT molecular complexity index is 1390. The average molecular weight is 532 g/mol. The smallest absolute Gasteiger partial charge is 0.223 e. The highest BCUT2D eigenvalue weighted by atomic mass is 35.5. The van der Waals surface area contributed by atoms with E-state index < -0.39 is 6.04 Å². The topological polar surface area (TPSA) is 108 Å². The monoisotopic (exact) mass is 531 g/mol. The molecule has 5 rings (SSSR count). The van der Waals surface area contributed by atoms with Crippen molar-refractivity contribution in [2.45, 2.75) is 57.4 Å². The molecule has 0 spiro atoms. The Hall–Kier alpha value is -3.85. The molecule has 38 heavy (non-hydrogen) atoms. The molecule has 3 atom stereocenters. The summed E-state index contributed by atoms with van der Waals surface area (Å²) in [5.41, 5.74) is 3.87. The number of halogens is 1. The van der Waals surface area contributed by atoms with Gasteiger partial charge in [0.05, 0.1) is 17.4 Å². The van der Waals surface area contributed by atoms with E-state index in [1.807, 2.05) is 41.2 Å². The summed E-state index contributed by atoms with van der Waals surface area (Å²) in [6, 6.07) is 15.1. The van der Waals surface area contributed by atoms with Crippen LogP contribution in [0.5, 0.6) is 0 Å². The number of Topliss-reactive ketones (excluding diaryl/α,β-unsaturated/α-hetero) is 1. The summed E-state index contributed by atoms with van der Waals surface area (Å²) in [7, 11) is 0. The van der Waals surface area contributed by atoms with Gasteiger partial charge in [-0.2, -0.15) is 5.10 Å². The first-order valence-corrected chi connectivity index (χ1v) is 13.3. The number of nitrogens with zero attached hydrogens (tertiary/aromatic N) is 6. The van der Waals surface area contributed by atoms with Crippen molar-refractivity contribution >= 4 is 23.3 Å². The molecule has 2 aromatic heterocycles. The predicted molar refractivity (Wildman–Crippen MR) is 143 cm³/mol. The molecule has 0 bridgehead atoms. The third-order valence-electron chi connectivity index (χ3n) is 7.28. The van der Waals surface area contributed by atoms with Crippen LogP contribution < -0.4 is 5.32 Å². The molecular weight excluding hydrogens is 502 g/mol. The molecule has 1 aliphatic rings. The number of tetrazole rings is 1. The highest BCUT2D eigenvalue weighted by Gasteiger charge is 2.30. The first kappa shape index (κ1) is 25.8. The molecule has 1 fully saturated rings. The summed E-state index contributed by atoms with van der Waals surface area (Å²) in [6.07, 6.45) is 9.55. The fraction of sp³-hybridized carbons (Fsp3) is 0.357. The van der Waals surface area contributed by atoms with Gasteiger partial charge in [-0.25, -0.2) is 9.36 Å². The normalized spacial score (nSPS) is 18.2. The zero-order valence-electron chi connectivity index (χ0n) is 21.2. The van der Waals surface area contributed by atoms with Gasteiger partial charge < -0.3 is 5.32 Å². The van der Waals surface area contributed by atoms with Crippen molar-refractivity contribution in [2.75, 3.05) is 0 Å². The third kappa shape index (κ3) is 5.99. The Balaban J connectivity index is 1.17. The van der Waals surface area contributed by atoms with Gasteiger partial charge in [0.1, 0.15) is 6.33 Å². The highest BCUT2D eigenvalue weighted by molar-refractivity contribution is 6.30. The lowest BCUT2D eigenvalue weighted by Gasteiger charge is -2.29. The molecule has 0 aliphatic heterocycles. The summed E-state index contributed by atoms with van der Waals surface area (Å²) in [4.78, 5) is 26.1. The van der Waals surface area contributed by atoms with E-state index in [4.69, 9.17) is 11.6 Å². The minimum atomic E-state index is -0.568. The molecule has 2 heterocycles. The summed E-state index contributed by atoms with van der Waals surface area (Å²) < 4.78 is 3.39. The first-order chi connectivity index (χ1) is 18.5. The maximum absolute atomic E-state index is 13.2. The second-order valence-electron chi connectivity index (χ2n) is 9.83. The Labute approximate surface area is 226 Å². The number of rotatable bonds is 9. The van der Waals surface area contributed by atoms with Crippen LogP contribution in [0.2, 0.25) is 5.02 Å². The van der Waals surface area contributed by atoms with Crippen LogP contribution in [0.1, 0.15) is 56.1 Å². The minimum Gasteiger partial charge on any atom is -0.346 e. The van der Waals surface area contributed by atoms with Gasteiger partial charge in [-0.1, -0.05) is 30.2 Å². The Morgan fingerprint density at radius 1 is 1.13 bits per heavy atom. The first-order valence-electron chi connectivity index (χ1n) is 12.9. The lowest BCUT2D eigenvalue weighted by Crippen LogP contribution is -2.42. The Morgan fingerprint density at radius 2 is 2.03 bits per heavy atom. The van der Waals surface area contributed by atoms with Gasteiger partial charge in [0.25, 0.3) is 0 Å². The minimum absolute atomic E-state index is 0.0275. The van der Waals surface area contributed by atoms with Crippen LogP contribution in [0.25, 0.3) is 11.4 Å². The van der Waals surface area contributed by atoms with Gasteiger partial charge in [-0.05, 0) is 96.5 Å². The van der Waals surface area contributed by atoms with Crippen LogP contribution in [0.3, 0.4) is 0 Å². The fourth-order valence-electron chi connectivity index (χ4n) is 5.21. The number of benzene rings is 2. The number of amides is 1. The fourth-order valence-corrected chi connectivity index (χ4v) is 5.40. The van der Waals surface area contributed by atoms with Crippen molar-refractivity contribution in [1.82, 2.24) is 35.3 Å². The van der Waals surface area contributed by atoms with Crippen LogP contribution in [-0.2, 0) is 16.0 Å². The SMILES string of the molecule is C[C@H](NC(=O)[C@@H]1CCC[C@H](c2cccc(-n3cccn3)c2)C1)C(=O)CCc1cc(Cl)ccc1-n1cnnn1. The van der Waals surface area contributed by atoms with E-state index in [0.717, 1.165) is 42.6 Å².